The monoisotopic (exact) mass is 642 g/mol. The molecule has 0 amide bonds. The molecule has 0 N–H and O–H groups in total. The first-order valence-corrected chi connectivity index (χ1v) is 16.6. The number of hydrogen-bond acceptors (Lipinski definition) is 4. The molecule has 0 aliphatic rings. The third kappa shape index (κ3) is 5.57. The number of ether oxygens (including phenoxy) is 1. The van der Waals surface area contributed by atoms with Gasteiger partial charge in [0, 0.05) is 27.6 Å². The molecule has 0 atom stereocenters. The lowest BCUT2D eigenvalue weighted by Crippen LogP contribution is -2.00. The van der Waals surface area contributed by atoms with E-state index in [1.807, 2.05) is 72.8 Å². The lowest BCUT2D eigenvalue weighted by molar-refractivity contribution is 0.442. The topological polar surface area (TPSA) is 52.8 Å². The minimum atomic E-state index is 0.242. The van der Waals surface area contributed by atoms with Crippen molar-refractivity contribution >= 4 is 21.8 Å². The van der Waals surface area contributed by atoms with Gasteiger partial charge in [-0.15, -0.1) is 0 Å². The van der Waals surface area contributed by atoms with Gasteiger partial charge in [0.1, 0.15) is 5.75 Å². The number of nitrogens with zero attached hydrogens (tertiary/aromatic N) is 4. The van der Waals surface area contributed by atoms with Crippen LogP contribution in [0.2, 0.25) is 0 Å². The average molecular weight is 643 g/mol. The Morgan fingerprint density at radius 3 is 1.54 bits per heavy atom. The quantitative estimate of drug-likeness (QED) is 0.174. The molecule has 0 unspecified atom stereocenters. The van der Waals surface area contributed by atoms with Crippen LogP contribution in [0.3, 0.4) is 0 Å². The average Bonchev–Trinajstić information content (AvgIpc) is 3.52. The van der Waals surface area contributed by atoms with E-state index in [1.165, 1.54) is 16.7 Å². The highest BCUT2D eigenvalue weighted by atomic mass is 16.5. The molecule has 0 aliphatic carbocycles. The first-order valence-electron chi connectivity index (χ1n) is 16.6. The molecule has 2 aromatic heterocycles. The molecule has 0 spiro atoms. The fourth-order valence-electron chi connectivity index (χ4n) is 6.54. The highest BCUT2D eigenvalue weighted by molar-refractivity contribution is 6.09. The van der Waals surface area contributed by atoms with Crippen LogP contribution in [0.15, 0.2) is 182 Å². The van der Waals surface area contributed by atoms with Crippen LogP contribution in [-0.2, 0) is 0 Å². The van der Waals surface area contributed by atoms with Crippen molar-refractivity contribution in [1.82, 2.24) is 19.5 Å². The van der Waals surface area contributed by atoms with E-state index in [4.69, 9.17) is 19.7 Å². The van der Waals surface area contributed by atoms with E-state index >= 15 is 0 Å². The van der Waals surface area contributed by atoms with Crippen LogP contribution in [0.1, 0.15) is 0 Å². The highest BCUT2D eigenvalue weighted by Crippen LogP contribution is 2.36. The minimum Gasteiger partial charge on any atom is -0.424 e. The van der Waals surface area contributed by atoms with Gasteiger partial charge in [-0.2, -0.15) is 9.97 Å². The third-order valence-corrected chi connectivity index (χ3v) is 8.96. The predicted octanol–water partition coefficient (Wildman–Crippen LogP) is 11.4. The molecular weight excluding hydrogens is 613 g/mol. The van der Waals surface area contributed by atoms with Crippen molar-refractivity contribution in [3.05, 3.63) is 182 Å². The number of para-hydroxylation sites is 1. The van der Waals surface area contributed by atoms with Crippen molar-refractivity contribution in [2.75, 3.05) is 0 Å². The summed E-state index contributed by atoms with van der Waals surface area (Å²) >= 11 is 0. The lowest BCUT2D eigenvalue weighted by Gasteiger charge is -2.11. The second-order valence-electron chi connectivity index (χ2n) is 12.1. The molecule has 7 aromatic carbocycles. The zero-order valence-corrected chi connectivity index (χ0v) is 27.0. The Morgan fingerprint density at radius 2 is 0.880 bits per heavy atom. The zero-order valence-electron chi connectivity index (χ0n) is 27.0. The number of fused-ring (bicyclic) bond motifs is 3. The first-order chi connectivity index (χ1) is 24.8. The summed E-state index contributed by atoms with van der Waals surface area (Å²) < 4.78 is 8.74. The fraction of sp³-hybridized carbons (Fsp3) is 0. The van der Waals surface area contributed by atoms with Gasteiger partial charge >= 0.3 is 6.01 Å². The highest BCUT2D eigenvalue weighted by Gasteiger charge is 2.16. The Kier molecular flexibility index (Phi) is 7.41. The largest absolute Gasteiger partial charge is 0.424 e. The number of aromatic nitrogens is 4. The molecule has 0 saturated carbocycles. The molecule has 50 heavy (non-hydrogen) atoms. The van der Waals surface area contributed by atoms with Crippen molar-refractivity contribution < 1.29 is 4.74 Å². The molecule has 0 bridgehead atoms. The summed E-state index contributed by atoms with van der Waals surface area (Å²) in [6, 6.07) is 62.7. The summed E-state index contributed by atoms with van der Waals surface area (Å²) in [7, 11) is 0. The Bertz CT molecular complexity index is 2540. The van der Waals surface area contributed by atoms with Gasteiger partial charge in [-0.25, -0.2) is 4.98 Å². The predicted molar refractivity (Wildman–Crippen MR) is 202 cm³/mol. The van der Waals surface area contributed by atoms with E-state index < -0.39 is 0 Å². The molecule has 9 aromatic rings. The summed E-state index contributed by atoms with van der Waals surface area (Å²) in [5.41, 5.74) is 9.83. The van der Waals surface area contributed by atoms with Crippen LogP contribution >= 0.6 is 0 Å². The molecule has 9 rings (SSSR count). The molecule has 2 heterocycles. The van der Waals surface area contributed by atoms with E-state index in [0.29, 0.717) is 17.4 Å². The van der Waals surface area contributed by atoms with Crippen LogP contribution in [0.25, 0.3) is 72.5 Å². The molecule has 5 heteroatoms. The molecule has 236 valence electrons. The number of rotatable bonds is 7. The van der Waals surface area contributed by atoms with Gasteiger partial charge in [0.25, 0.3) is 0 Å². The minimum absolute atomic E-state index is 0.242. The Balaban J connectivity index is 1.10. The van der Waals surface area contributed by atoms with Gasteiger partial charge in [-0.05, 0) is 58.7 Å². The Labute approximate surface area is 289 Å². The maximum atomic E-state index is 6.42. The van der Waals surface area contributed by atoms with Gasteiger partial charge in [-0.3, -0.25) is 0 Å². The second kappa shape index (κ2) is 12.6. The molecule has 0 fully saturated rings. The van der Waals surface area contributed by atoms with E-state index in [9.17, 15) is 0 Å². The first kappa shape index (κ1) is 29.3. The van der Waals surface area contributed by atoms with Crippen molar-refractivity contribution in [1.29, 1.82) is 0 Å². The number of hydrogen-bond donors (Lipinski definition) is 0. The maximum absolute atomic E-state index is 6.42. The van der Waals surface area contributed by atoms with Crippen molar-refractivity contribution in [3.63, 3.8) is 0 Å². The standard InChI is InChI=1S/C45H30N4O/c1-4-13-31(14-5-1)32-23-25-33(26-24-32)36-19-12-20-37(29-36)49-41-22-11-10-21-39(41)40-30-38(27-28-42(40)49)50-45-47-43(34-15-6-2-7-16-34)46-44(48-45)35-17-8-3-9-18-35/h1-30H. The van der Waals surface area contributed by atoms with Gasteiger partial charge < -0.3 is 9.30 Å². The Morgan fingerprint density at radius 1 is 0.360 bits per heavy atom. The van der Waals surface area contributed by atoms with Crippen LogP contribution in [0, 0.1) is 0 Å². The van der Waals surface area contributed by atoms with Crippen LogP contribution in [0.5, 0.6) is 11.8 Å². The summed E-state index contributed by atoms with van der Waals surface area (Å²) in [6.45, 7) is 0. The van der Waals surface area contributed by atoms with E-state index in [1.54, 1.807) is 0 Å². The molecule has 5 nitrogen and oxygen atoms in total. The normalized spacial score (nSPS) is 11.2. The van der Waals surface area contributed by atoms with E-state index in [-0.39, 0.29) is 6.01 Å². The number of benzene rings is 7. The molecule has 0 aliphatic heterocycles. The van der Waals surface area contributed by atoms with Gasteiger partial charge in [0.15, 0.2) is 11.6 Å². The molecular formula is C45H30N4O. The second-order valence-corrected chi connectivity index (χ2v) is 12.1. The smallest absolute Gasteiger partial charge is 0.326 e. The van der Waals surface area contributed by atoms with E-state index in [0.717, 1.165) is 44.2 Å². The van der Waals surface area contributed by atoms with Crippen molar-refractivity contribution in [2.24, 2.45) is 0 Å². The van der Waals surface area contributed by atoms with Gasteiger partial charge in [-0.1, -0.05) is 146 Å². The van der Waals surface area contributed by atoms with Crippen LogP contribution in [-0.4, -0.2) is 19.5 Å². The third-order valence-electron chi connectivity index (χ3n) is 8.96. The fourth-order valence-corrected chi connectivity index (χ4v) is 6.54. The SMILES string of the molecule is c1ccc(-c2ccc(-c3cccc(-n4c5ccccc5c5cc(Oc6nc(-c7ccccc7)nc(-c7ccccc7)n6)ccc54)c3)cc2)cc1. The van der Waals surface area contributed by atoms with Crippen molar-refractivity contribution in [2.45, 2.75) is 0 Å². The van der Waals surface area contributed by atoms with Gasteiger partial charge in [0.2, 0.25) is 0 Å². The summed E-state index contributed by atoms with van der Waals surface area (Å²) in [5.74, 6) is 1.76. The van der Waals surface area contributed by atoms with Crippen LogP contribution in [0.4, 0.5) is 0 Å². The van der Waals surface area contributed by atoms with Crippen LogP contribution < -0.4 is 4.74 Å². The Hall–Kier alpha value is -6.85. The van der Waals surface area contributed by atoms with Crippen molar-refractivity contribution in [3.8, 4) is 62.5 Å². The summed E-state index contributed by atoms with van der Waals surface area (Å²) in [5, 5.41) is 2.22. The lowest BCUT2D eigenvalue weighted by atomic mass is 10.00. The molecule has 0 radical (unpaired) electrons. The summed E-state index contributed by atoms with van der Waals surface area (Å²) in [6.07, 6.45) is 0. The summed E-state index contributed by atoms with van der Waals surface area (Å²) in [4.78, 5) is 14.2. The van der Waals surface area contributed by atoms with Gasteiger partial charge in [0.05, 0.1) is 11.0 Å². The van der Waals surface area contributed by atoms with E-state index in [2.05, 4.69) is 114 Å². The maximum Gasteiger partial charge on any atom is 0.326 e. The zero-order chi connectivity index (χ0) is 33.3. The molecule has 0 saturated heterocycles.